The van der Waals surface area contributed by atoms with Crippen LogP contribution in [0.15, 0.2) is 27.2 Å². The number of primary sulfonamides is 1. The zero-order chi connectivity index (χ0) is 16.7. The van der Waals surface area contributed by atoms with Gasteiger partial charge in [-0.2, -0.15) is 0 Å². The standard InChI is InChI=1S/C15H22N2O4S/c1-10-12(9-13(21-10)22(16,19)20)14(18)17-7-5-11(6-8-17)15(2,3)4/h5,9H,6-8H2,1-4H3,(H2,16,19,20). The van der Waals surface area contributed by atoms with Gasteiger partial charge in [-0.1, -0.05) is 32.4 Å². The molecule has 0 spiro atoms. The molecular formula is C15H22N2O4S. The van der Waals surface area contributed by atoms with E-state index >= 15 is 0 Å². The van der Waals surface area contributed by atoms with E-state index in [-0.39, 0.29) is 27.7 Å². The Hall–Kier alpha value is -1.60. The van der Waals surface area contributed by atoms with Crippen molar-refractivity contribution < 1.29 is 17.6 Å². The number of hydrogen-bond donors (Lipinski definition) is 1. The van der Waals surface area contributed by atoms with Crippen molar-refractivity contribution in [2.75, 3.05) is 13.1 Å². The molecule has 0 bridgehead atoms. The van der Waals surface area contributed by atoms with Crippen molar-refractivity contribution >= 4 is 15.9 Å². The lowest BCUT2D eigenvalue weighted by molar-refractivity contribution is 0.0763. The fourth-order valence-electron chi connectivity index (χ4n) is 2.51. The van der Waals surface area contributed by atoms with Gasteiger partial charge in [-0.15, -0.1) is 0 Å². The number of aryl methyl sites for hydroxylation is 1. The predicted molar refractivity (Wildman–Crippen MR) is 82.9 cm³/mol. The summed E-state index contributed by atoms with van der Waals surface area (Å²) >= 11 is 0. The first-order valence-corrected chi connectivity index (χ1v) is 8.67. The third-order valence-corrected chi connectivity index (χ3v) is 4.63. The number of nitrogens with zero attached hydrogens (tertiary/aromatic N) is 1. The normalized spacial score (nSPS) is 16.6. The Morgan fingerprint density at radius 3 is 2.41 bits per heavy atom. The first-order valence-electron chi connectivity index (χ1n) is 7.12. The summed E-state index contributed by atoms with van der Waals surface area (Å²) in [4.78, 5) is 14.2. The third kappa shape index (κ3) is 3.41. The Balaban J connectivity index is 2.21. The Morgan fingerprint density at radius 2 is 2.00 bits per heavy atom. The molecule has 1 aliphatic heterocycles. The van der Waals surface area contributed by atoms with Crippen molar-refractivity contribution in [2.45, 2.75) is 39.2 Å². The van der Waals surface area contributed by atoms with Gasteiger partial charge in [-0.25, -0.2) is 13.6 Å². The van der Waals surface area contributed by atoms with Gasteiger partial charge in [0.1, 0.15) is 5.76 Å². The smallest absolute Gasteiger partial charge is 0.271 e. The zero-order valence-corrected chi connectivity index (χ0v) is 14.2. The van der Waals surface area contributed by atoms with Gasteiger partial charge in [0.15, 0.2) is 0 Å². The van der Waals surface area contributed by atoms with E-state index in [0.29, 0.717) is 13.1 Å². The van der Waals surface area contributed by atoms with Crippen molar-refractivity contribution in [1.82, 2.24) is 4.90 Å². The Bertz CT molecular complexity index is 723. The molecule has 22 heavy (non-hydrogen) atoms. The quantitative estimate of drug-likeness (QED) is 0.842. The van der Waals surface area contributed by atoms with Gasteiger partial charge >= 0.3 is 0 Å². The molecule has 0 saturated heterocycles. The van der Waals surface area contributed by atoms with Crippen LogP contribution in [0.5, 0.6) is 0 Å². The van der Waals surface area contributed by atoms with Crippen LogP contribution in [-0.4, -0.2) is 32.3 Å². The van der Waals surface area contributed by atoms with Crippen molar-refractivity contribution in [2.24, 2.45) is 10.6 Å². The summed E-state index contributed by atoms with van der Waals surface area (Å²) in [6.07, 6.45) is 2.88. The van der Waals surface area contributed by atoms with Crippen molar-refractivity contribution in [3.63, 3.8) is 0 Å². The topological polar surface area (TPSA) is 93.6 Å². The van der Waals surface area contributed by atoms with Crippen molar-refractivity contribution in [3.8, 4) is 0 Å². The lowest BCUT2D eigenvalue weighted by atomic mass is 9.83. The summed E-state index contributed by atoms with van der Waals surface area (Å²) in [5, 5.41) is 4.65. The number of carbonyl (C=O) groups excluding carboxylic acids is 1. The number of nitrogens with two attached hydrogens (primary N) is 1. The average molecular weight is 326 g/mol. The predicted octanol–water partition coefficient (Wildman–Crippen LogP) is 2.05. The Morgan fingerprint density at radius 1 is 1.36 bits per heavy atom. The summed E-state index contributed by atoms with van der Waals surface area (Å²) in [5.41, 5.74) is 1.67. The van der Waals surface area contributed by atoms with Crippen LogP contribution in [0.2, 0.25) is 0 Å². The summed E-state index contributed by atoms with van der Waals surface area (Å²) < 4.78 is 27.7. The van der Waals surface area contributed by atoms with Crippen LogP contribution in [0.3, 0.4) is 0 Å². The highest BCUT2D eigenvalue weighted by Crippen LogP contribution is 2.30. The molecule has 2 heterocycles. The first kappa shape index (κ1) is 16.8. The van der Waals surface area contributed by atoms with Crippen molar-refractivity contribution in [1.29, 1.82) is 0 Å². The van der Waals surface area contributed by atoms with E-state index in [1.165, 1.54) is 11.6 Å². The largest absolute Gasteiger partial charge is 0.448 e. The van der Waals surface area contributed by atoms with Crippen molar-refractivity contribution in [3.05, 3.63) is 29.0 Å². The summed E-state index contributed by atoms with van der Waals surface area (Å²) in [6.45, 7) is 9.12. The van der Waals surface area contributed by atoms with Crippen LogP contribution in [-0.2, 0) is 10.0 Å². The molecule has 1 aliphatic rings. The van der Waals surface area contributed by atoms with E-state index in [4.69, 9.17) is 9.56 Å². The van der Waals surface area contributed by atoms with Gasteiger partial charge in [0, 0.05) is 19.2 Å². The molecule has 6 nitrogen and oxygen atoms in total. The molecule has 1 aromatic heterocycles. The molecule has 122 valence electrons. The molecule has 0 aromatic carbocycles. The van der Waals surface area contributed by atoms with E-state index in [1.54, 1.807) is 11.8 Å². The molecule has 0 atom stereocenters. The molecule has 0 unspecified atom stereocenters. The second-order valence-corrected chi connectivity index (χ2v) is 8.05. The summed E-state index contributed by atoms with van der Waals surface area (Å²) in [6, 6.07) is 1.20. The van der Waals surface area contributed by atoms with Crippen LogP contribution in [0.25, 0.3) is 0 Å². The Kier molecular flexibility index (Phi) is 4.23. The van der Waals surface area contributed by atoms with E-state index < -0.39 is 10.0 Å². The molecule has 1 aromatic rings. The highest BCUT2D eigenvalue weighted by atomic mass is 32.2. The van der Waals surface area contributed by atoms with Gasteiger partial charge in [-0.05, 0) is 18.8 Å². The molecule has 0 radical (unpaired) electrons. The van der Waals surface area contributed by atoms with E-state index in [2.05, 4.69) is 26.8 Å². The van der Waals surface area contributed by atoms with Gasteiger partial charge in [-0.3, -0.25) is 4.79 Å². The first-order chi connectivity index (χ1) is 10.00. The van der Waals surface area contributed by atoms with Crippen LogP contribution in [0, 0.1) is 12.3 Å². The second kappa shape index (κ2) is 5.55. The van der Waals surface area contributed by atoms with Gasteiger partial charge in [0.2, 0.25) is 5.09 Å². The van der Waals surface area contributed by atoms with E-state index in [1.807, 2.05) is 0 Å². The monoisotopic (exact) mass is 326 g/mol. The number of amides is 1. The molecule has 0 aliphatic carbocycles. The molecular weight excluding hydrogens is 304 g/mol. The van der Waals surface area contributed by atoms with Crippen LogP contribution < -0.4 is 5.14 Å². The second-order valence-electron chi connectivity index (χ2n) is 6.56. The molecule has 0 fully saturated rings. The average Bonchev–Trinajstić information content (AvgIpc) is 2.79. The molecule has 1 amide bonds. The maximum atomic E-state index is 12.5. The lowest BCUT2D eigenvalue weighted by Crippen LogP contribution is -2.36. The highest BCUT2D eigenvalue weighted by molar-refractivity contribution is 7.89. The fraction of sp³-hybridized carbons (Fsp3) is 0.533. The minimum atomic E-state index is -3.95. The van der Waals surface area contributed by atoms with E-state index in [0.717, 1.165) is 6.42 Å². The number of hydrogen-bond acceptors (Lipinski definition) is 4. The molecule has 0 saturated carbocycles. The maximum absolute atomic E-state index is 12.5. The minimum absolute atomic E-state index is 0.0987. The van der Waals surface area contributed by atoms with E-state index in [9.17, 15) is 13.2 Å². The number of rotatable bonds is 2. The fourth-order valence-corrected chi connectivity index (χ4v) is 3.04. The van der Waals surface area contributed by atoms with Gasteiger partial charge in [0.05, 0.1) is 5.56 Å². The highest BCUT2D eigenvalue weighted by Gasteiger charge is 2.27. The lowest BCUT2D eigenvalue weighted by Gasteiger charge is -2.32. The number of sulfonamides is 1. The summed E-state index contributed by atoms with van der Waals surface area (Å²) in [5.74, 6) is 0.0278. The van der Waals surface area contributed by atoms with Crippen LogP contribution >= 0.6 is 0 Å². The van der Waals surface area contributed by atoms with Crippen LogP contribution in [0.4, 0.5) is 0 Å². The zero-order valence-electron chi connectivity index (χ0n) is 13.3. The SMILES string of the molecule is Cc1oc(S(N)(=O)=O)cc1C(=O)N1CC=C(C(C)(C)C)CC1. The number of furan rings is 1. The summed E-state index contributed by atoms with van der Waals surface area (Å²) in [7, 11) is -3.95. The van der Waals surface area contributed by atoms with Gasteiger partial charge in [0.25, 0.3) is 15.9 Å². The Labute approximate surface area is 131 Å². The van der Waals surface area contributed by atoms with Crippen LogP contribution in [0.1, 0.15) is 43.3 Å². The minimum Gasteiger partial charge on any atom is -0.448 e. The maximum Gasteiger partial charge on any atom is 0.271 e. The third-order valence-electron chi connectivity index (χ3n) is 3.87. The van der Waals surface area contributed by atoms with Gasteiger partial charge < -0.3 is 9.32 Å². The molecule has 2 N–H and O–H groups in total. The molecule has 7 heteroatoms. The number of carbonyl (C=O) groups is 1. The molecule has 2 rings (SSSR count).